The third kappa shape index (κ3) is 5.53. The van der Waals surface area contributed by atoms with E-state index >= 15 is 0 Å². The summed E-state index contributed by atoms with van der Waals surface area (Å²) >= 11 is 0. The first-order valence-corrected chi connectivity index (χ1v) is 8.17. The molecule has 1 saturated heterocycles. The van der Waals surface area contributed by atoms with Gasteiger partial charge in [-0.15, -0.1) is 12.4 Å². The maximum Gasteiger partial charge on any atom is 0.156 e. The molecule has 0 saturated carbocycles. The number of allylic oxidation sites excluding steroid dienone is 4. The van der Waals surface area contributed by atoms with E-state index in [1.54, 1.807) is 0 Å². The van der Waals surface area contributed by atoms with Crippen molar-refractivity contribution in [3.8, 4) is 0 Å². The second-order valence-corrected chi connectivity index (χ2v) is 6.98. The molecular formula is C18H30ClNO2. The highest BCUT2D eigenvalue weighted by Gasteiger charge is 2.30. The lowest BCUT2D eigenvalue weighted by atomic mass is 9.68. The van der Waals surface area contributed by atoms with E-state index in [9.17, 15) is 4.79 Å². The van der Waals surface area contributed by atoms with Crippen LogP contribution in [-0.4, -0.2) is 43.5 Å². The molecule has 0 aromatic heterocycles. The predicted molar refractivity (Wildman–Crippen MR) is 93.5 cm³/mol. The van der Waals surface area contributed by atoms with Crippen LogP contribution in [0.5, 0.6) is 0 Å². The molecule has 2 aliphatic rings. The van der Waals surface area contributed by atoms with Crippen molar-refractivity contribution in [2.45, 2.75) is 40.0 Å². The van der Waals surface area contributed by atoms with Crippen molar-refractivity contribution in [3.63, 3.8) is 0 Å². The summed E-state index contributed by atoms with van der Waals surface area (Å²) in [5.41, 5.74) is 1.67. The summed E-state index contributed by atoms with van der Waals surface area (Å²) in [6.45, 7) is 11.1. The van der Waals surface area contributed by atoms with Crippen molar-refractivity contribution in [1.82, 2.24) is 4.90 Å². The standard InChI is InChI=1S/C18H29NO2.ClH/c1-15-5-4-9-18(2,3)17(15)7-6-16(20)8-10-19-11-13-21-14-12-19;/h5-7,17H,4,8-14H2,1-3H3;1H/b7-6+;. The summed E-state index contributed by atoms with van der Waals surface area (Å²) < 4.78 is 5.32. The van der Waals surface area contributed by atoms with Crippen LogP contribution in [0.4, 0.5) is 0 Å². The van der Waals surface area contributed by atoms with Crippen molar-refractivity contribution in [3.05, 3.63) is 23.8 Å². The molecule has 22 heavy (non-hydrogen) atoms. The molecule has 0 N–H and O–H groups in total. The fourth-order valence-electron chi connectivity index (χ4n) is 3.36. The van der Waals surface area contributed by atoms with Gasteiger partial charge in [-0.2, -0.15) is 0 Å². The summed E-state index contributed by atoms with van der Waals surface area (Å²) in [4.78, 5) is 14.4. The van der Waals surface area contributed by atoms with Crippen LogP contribution in [0.3, 0.4) is 0 Å². The minimum atomic E-state index is 0. The topological polar surface area (TPSA) is 29.5 Å². The normalized spacial score (nSPS) is 25.6. The van der Waals surface area contributed by atoms with Gasteiger partial charge in [0.1, 0.15) is 0 Å². The number of carbonyl (C=O) groups is 1. The zero-order valence-corrected chi connectivity index (χ0v) is 15.0. The lowest BCUT2D eigenvalue weighted by molar-refractivity contribution is -0.115. The minimum absolute atomic E-state index is 0. The zero-order valence-electron chi connectivity index (χ0n) is 14.1. The third-order valence-electron chi connectivity index (χ3n) is 4.84. The fraction of sp³-hybridized carbons (Fsp3) is 0.722. The molecular weight excluding hydrogens is 298 g/mol. The van der Waals surface area contributed by atoms with Crippen molar-refractivity contribution in [2.24, 2.45) is 11.3 Å². The van der Waals surface area contributed by atoms with Gasteiger partial charge in [0.05, 0.1) is 13.2 Å². The van der Waals surface area contributed by atoms with Crippen LogP contribution in [0.1, 0.15) is 40.0 Å². The molecule has 126 valence electrons. The van der Waals surface area contributed by atoms with Gasteiger partial charge < -0.3 is 4.74 Å². The molecule has 1 heterocycles. The number of hydrogen-bond acceptors (Lipinski definition) is 3. The second-order valence-electron chi connectivity index (χ2n) is 6.98. The molecule has 1 atom stereocenters. The Morgan fingerprint density at radius 1 is 1.41 bits per heavy atom. The molecule has 0 bridgehead atoms. The summed E-state index contributed by atoms with van der Waals surface area (Å²) in [5, 5.41) is 0. The molecule has 1 unspecified atom stereocenters. The molecule has 1 aliphatic carbocycles. The number of halogens is 1. The van der Waals surface area contributed by atoms with Crippen LogP contribution in [0, 0.1) is 11.3 Å². The largest absolute Gasteiger partial charge is 0.379 e. The van der Waals surface area contributed by atoms with Gasteiger partial charge in [-0.05, 0) is 31.3 Å². The fourth-order valence-corrected chi connectivity index (χ4v) is 3.36. The van der Waals surface area contributed by atoms with Gasteiger partial charge in [0.2, 0.25) is 0 Å². The van der Waals surface area contributed by atoms with Gasteiger partial charge in [0, 0.05) is 32.0 Å². The Kier molecular flexibility index (Phi) is 7.81. The van der Waals surface area contributed by atoms with Crippen LogP contribution in [0.2, 0.25) is 0 Å². The number of hydrogen-bond donors (Lipinski definition) is 0. The molecule has 0 aromatic rings. The molecule has 0 radical (unpaired) electrons. The number of carbonyl (C=O) groups excluding carboxylic acids is 1. The predicted octanol–water partition coefficient (Wildman–Crippen LogP) is 3.64. The molecule has 1 aliphatic heterocycles. The first-order valence-electron chi connectivity index (χ1n) is 8.17. The molecule has 0 amide bonds. The Labute approximate surface area is 141 Å². The summed E-state index contributed by atoms with van der Waals surface area (Å²) in [6, 6.07) is 0. The average Bonchev–Trinajstić information content (AvgIpc) is 2.45. The maximum absolute atomic E-state index is 12.1. The van der Waals surface area contributed by atoms with Gasteiger partial charge in [-0.25, -0.2) is 0 Å². The lowest BCUT2D eigenvalue weighted by Gasteiger charge is -2.36. The van der Waals surface area contributed by atoms with Crippen molar-refractivity contribution in [2.75, 3.05) is 32.8 Å². The van der Waals surface area contributed by atoms with Crippen molar-refractivity contribution < 1.29 is 9.53 Å². The van der Waals surface area contributed by atoms with Crippen LogP contribution < -0.4 is 0 Å². The van der Waals surface area contributed by atoms with Gasteiger partial charge in [0.25, 0.3) is 0 Å². The molecule has 0 aromatic carbocycles. The van der Waals surface area contributed by atoms with Crippen LogP contribution in [-0.2, 0) is 9.53 Å². The SMILES string of the molecule is CC1=CCCC(C)(C)C1/C=C/C(=O)CCN1CCOCC1.Cl. The van der Waals surface area contributed by atoms with Gasteiger partial charge in [-0.1, -0.05) is 31.6 Å². The Hall–Kier alpha value is -0.640. The highest BCUT2D eigenvalue weighted by molar-refractivity contribution is 5.89. The number of ether oxygens (including phenoxy) is 1. The molecule has 4 heteroatoms. The van der Waals surface area contributed by atoms with Gasteiger partial charge in [-0.3, -0.25) is 9.69 Å². The van der Waals surface area contributed by atoms with E-state index in [1.165, 1.54) is 12.0 Å². The molecule has 1 fully saturated rings. The van der Waals surface area contributed by atoms with Crippen molar-refractivity contribution in [1.29, 1.82) is 0 Å². The minimum Gasteiger partial charge on any atom is -0.379 e. The zero-order chi connectivity index (χ0) is 15.3. The summed E-state index contributed by atoms with van der Waals surface area (Å²) in [6.07, 6.45) is 9.24. The number of rotatable bonds is 5. The van der Waals surface area contributed by atoms with E-state index in [2.05, 4.69) is 37.8 Å². The summed E-state index contributed by atoms with van der Waals surface area (Å²) in [5.74, 6) is 0.647. The third-order valence-corrected chi connectivity index (χ3v) is 4.84. The lowest BCUT2D eigenvalue weighted by Crippen LogP contribution is -2.37. The average molecular weight is 328 g/mol. The highest BCUT2D eigenvalue weighted by Crippen LogP contribution is 2.41. The first kappa shape index (κ1) is 19.4. The Morgan fingerprint density at radius 3 is 2.73 bits per heavy atom. The van der Waals surface area contributed by atoms with Gasteiger partial charge >= 0.3 is 0 Å². The second kappa shape index (κ2) is 8.85. The van der Waals surface area contributed by atoms with E-state index in [4.69, 9.17) is 4.74 Å². The highest BCUT2D eigenvalue weighted by atomic mass is 35.5. The van der Waals surface area contributed by atoms with E-state index in [0.29, 0.717) is 12.3 Å². The van der Waals surface area contributed by atoms with Crippen molar-refractivity contribution >= 4 is 18.2 Å². The smallest absolute Gasteiger partial charge is 0.156 e. The molecule has 3 nitrogen and oxygen atoms in total. The Bertz CT molecular complexity index is 423. The van der Waals surface area contributed by atoms with Gasteiger partial charge in [0.15, 0.2) is 5.78 Å². The van der Waals surface area contributed by atoms with E-state index in [0.717, 1.165) is 39.3 Å². The van der Waals surface area contributed by atoms with E-state index in [1.807, 2.05) is 6.08 Å². The number of nitrogens with zero attached hydrogens (tertiary/aromatic N) is 1. The number of morpholine rings is 1. The quantitative estimate of drug-likeness (QED) is 0.570. The Morgan fingerprint density at radius 2 is 2.09 bits per heavy atom. The maximum atomic E-state index is 12.1. The monoisotopic (exact) mass is 327 g/mol. The van der Waals surface area contributed by atoms with Crippen LogP contribution >= 0.6 is 12.4 Å². The molecule has 0 spiro atoms. The van der Waals surface area contributed by atoms with Crippen LogP contribution in [0.25, 0.3) is 0 Å². The Balaban J connectivity index is 0.00000242. The van der Waals surface area contributed by atoms with Crippen LogP contribution in [0.15, 0.2) is 23.8 Å². The summed E-state index contributed by atoms with van der Waals surface area (Å²) in [7, 11) is 0. The van der Waals surface area contributed by atoms with E-state index in [-0.39, 0.29) is 23.6 Å². The first-order chi connectivity index (χ1) is 9.99. The molecule has 2 rings (SSSR count). The van der Waals surface area contributed by atoms with E-state index < -0.39 is 0 Å². The number of ketones is 1.